The van der Waals surface area contributed by atoms with Crippen LogP contribution >= 0.6 is 0 Å². The van der Waals surface area contributed by atoms with Gasteiger partial charge in [0.2, 0.25) is 0 Å². The van der Waals surface area contributed by atoms with E-state index in [1.54, 1.807) is 0 Å². The molecule has 1 unspecified atom stereocenters. The van der Waals surface area contributed by atoms with E-state index in [0.717, 1.165) is 43.9 Å². The Hall–Kier alpha value is -0.330. The lowest BCUT2D eigenvalue weighted by atomic mass is 9.76. The van der Waals surface area contributed by atoms with E-state index in [4.69, 9.17) is 0 Å². The van der Waals surface area contributed by atoms with Crippen LogP contribution < -0.4 is 0 Å². The van der Waals surface area contributed by atoms with Crippen LogP contribution in [0.2, 0.25) is 0 Å². The molecule has 20 heavy (non-hydrogen) atoms. The van der Waals surface area contributed by atoms with Gasteiger partial charge in [-0.25, -0.2) is 4.39 Å². The third-order valence-corrected chi connectivity index (χ3v) is 5.76. The van der Waals surface area contributed by atoms with Gasteiger partial charge in [0.05, 0.1) is 0 Å². The maximum Gasteiger partial charge on any atom is 0.103 e. The molecule has 0 saturated heterocycles. The molecule has 2 aliphatic rings. The first-order chi connectivity index (χ1) is 9.79. The van der Waals surface area contributed by atoms with Crippen molar-refractivity contribution in [2.45, 2.75) is 89.6 Å². The minimum absolute atomic E-state index is 0.374. The zero-order valence-electron chi connectivity index (χ0n) is 13.2. The van der Waals surface area contributed by atoms with Gasteiger partial charge in [0.15, 0.2) is 0 Å². The summed E-state index contributed by atoms with van der Waals surface area (Å²) in [7, 11) is 0. The zero-order valence-corrected chi connectivity index (χ0v) is 13.2. The molecule has 2 rings (SSSR count). The Balaban J connectivity index is 1.61. The first-order valence-electron chi connectivity index (χ1n) is 9.04. The van der Waals surface area contributed by atoms with Crippen LogP contribution in [-0.2, 0) is 0 Å². The Morgan fingerprint density at radius 3 is 2.20 bits per heavy atom. The topological polar surface area (TPSA) is 0 Å². The minimum Gasteiger partial charge on any atom is -0.247 e. The van der Waals surface area contributed by atoms with Crippen LogP contribution in [0.1, 0.15) is 83.5 Å². The monoisotopic (exact) mass is 280 g/mol. The van der Waals surface area contributed by atoms with E-state index in [9.17, 15) is 4.39 Å². The fraction of sp³-hybridized carbons (Fsp3) is 0.895. The highest BCUT2D eigenvalue weighted by Crippen LogP contribution is 2.37. The maximum atomic E-state index is 14.4. The molecule has 0 aromatic heterocycles. The summed E-state index contributed by atoms with van der Waals surface area (Å²) >= 11 is 0. The van der Waals surface area contributed by atoms with Crippen molar-refractivity contribution in [3.63, 3.8) is 0 Å². The molecule has 2 fully saturated rings. The Morgan fingerprint density at radius 1 is 0.900 bits per heavy atom. The highest BCUT2D eigenvalue weighted by atomic mass is 19.1. The van der Waals surface area contributed by atoms with Crippen LogP contribution in [0.15, 0.2) is 12.7 Å². The van der Waals surface area contributed by atoms with E-state index in [0.29, 0.717) is 5.92 Å². The Labute approximate surface area is 125 Å². The normalized spacial score (nSPS) is 30.1. The number of halogens is 1. The van der Waals surface area contributed by atoms with E-state index in [-0.39, 0.29) is 0 Å². The standard InChI is InChI=1S/C19H33F/c1-2-3-7-17-10-13-18(14-11-17)19(20)15-12-16-8-5-4-6-9-16/h2,16-19H,1,3-15H2. The smallest absolute Gasteiger partial charge is 0.103 e. The molecule has 1 heteroatoms. The Kier molecular flexibility index (Phi) is 7.10. The van der Waals surface area contributed by atoms with Crippen molar-refractivity contribution in [3.05, 3.63) is 12.7 Å². The second-order valence-electron chi connectivity index (χ2n) is 7.24. The van der Waals surface area contributed by atoms with Gasteiger partial charge in [0, 0.05) is 0 Å². The van der Waals surface area contributed by atoms with Crippen molar-refractivity contribution in [2.75, 3.05) is 0 Å². The Morgan fingerprint density at radius 2 is 1.55 bits per heavy atom. The average molecular weight is 280 g/mol. The predicted octanol–water partition coefficient (Wildman–Crippen LogP) is 6.46. The van der Waals surface area contributed by atoms with Crippen LogP contribution in [0.3, 0.4) is 0 Å². The summed E-state index contributed by atoms with van der Waals surface area (Å²) in [5.41, 5.74) is 0. The molecule has 2 aliphatic carbocycles. The molecular formula is C19H33F. The summed E-state index contributed by atoms with van der Waals surface area (Å²) in [6, 6.07) is 0. The van der Waals surface area contributed by atoms with E-state index in [2.05, 4.69) is 6.58 Å². The highest BCUT2D eigenvalue weighted by Gasteiger charge is 2.27. The van der Waals surface area contributed by atoms with E-state index >= 15 is 0 Å². The summed E-state index contributed by atoms with van der Waals surface area (Å²) in [6.07, 6.45) is 17.6. The van der Waals surface area contributed by atoms with Crippen LogP contribution in [0.4, 0.5) is 4.39 Å². The quantitative estimate of drug-likeness (QED) is 0.470. The molecule has 0 aromatic carbocycles. The first kappa shape index (κ1) is 16.0. The summed E-state index contributed by atoms with van der Waals surface area (Å²) in [6.45, 7) is 3.80. The SMILES string of the molecule is C=CCCC1CCC(C(F)CCC2CCCCC2)CC1. The number of rotatable bonds is 7. The third-order valence-electron chi connectivity index (χ3n) is 5.76. The molecule has 2 saturated carbocycles. The van der Waals surface area contributed by atoms with Crippen molar-refractivity contribution >= 4 is 0 Å². The lowest BCUT2D eigenvalue weighted by Crippen LogP contribution is -2.23. The number of hydrogen-bond donors (Lipinski definition) is 0. The van der Waals surface area contributed by atoms with Crippen molar-refractivity contribution in [3.8, 4) is 0 Å². The molecule has 0 bridgehead atoms. The maximum absolute atomic E-state index is 14.4. The minimum atomic E-state index is -0.516. The van der Waals surface area contributed by atoms with Crippen molar-refractivity contribution < 1.29 is 4.39 Å². The van der Waals surface area contributed by atoms with Crippen LogP contribution in [0, 0.1) is 17.8 Å². The molecule has 0 spiro atoms. The van der Waals surface area contributed by atoms with Gasteiger partial charge >= 0.3 is 0 Å². The summed E-state index contributed by atoms with van der Waals surface area (Å²) in [4.78, 5) is 0. The second-order valence-corrected chi connectivity index (χ2v) is 7.24. The van der Waals surface area contributed by atoms with Crippen LogP contribution in [-0.4, -0.2) is 6.17 Å². The molecule has 0 aromatic rings. The first-order valence-corrected chi connectivity index (χ1v) is 9.04. The molecule has 0 N–H and O–H groups in total. The molecule has 0 aliphatic heterocycles. The number of hydrogen-bond acceptors (Lipinski definition) is 0. The fourth-order valence-electron chi connectivity index (χ4n) is 4.30. The molecule has 0 heterocycles. The highest BCUT2D eigenvalue weighted by molar-refractivity contribution is 4.80. The van der Waals surface area contributed by atoms with Gasteiger partial charge in [-0.05, 0) is 56.3 Å². The van der Waals surface area contributed by atoms with Gasteiger partial charge in [0.1, 0.15) is 6.17 Å². The molecule has 0 amide bonds. The van der Waals surface area contributed by atoms with Gasteiger partial charge in [-0.1, -0.05) is 51.0 Å². The van der Waals surface area contributed by atoms with E-state index < -0.39 is 6.17 Å². The summed E-state index contributed by atoms with van der Waals surface area (Å²) in [5.74, 6) is 2.05. The van der Waals surface area contributed by atoms with Crippen LogP contribution in [0.25, 0.3) is 0 Å². The number of allylic oxidation sites excluding steroid dienone is 1. The van der Waals surface area contributed by atoms with Gasteiger partial charge in [-0.15, -0.1) is 6.58 Å². The van der Waals surface area contributed by atoms with E-state index in [1.807, 2.05) is 6.08 Å². The lowest BCUT2D eigenvalue weighted by Gasteiger charge is -2.31. The van der Waals surface area contributed by atoms with Crippen molar-refractivity contribution in [1.29, 1.82) is 0 Å². The van der Waals surface area contributed by atoms with Crippen molar-refractivity contribution in [2.24, 2.45) is 17.8 Å². The van der Waals surface area contributed by atoms with Gasteiger partial charge in [0.25, 0.3) is 0 Å². The largest absolute Gasteiger partial charge is 0.247 e. The molecule has 116 valence electrons. The predicted molar refractivity (Wildman–Crippen MR) is 85.6 cm³/mol. The van der Waals surface area contributed by atoms with Crippen LogP contribution in [0.5, 0.6) is 0 Å². The van der Waals surface area contributed by atoms with E-state index in [1.165, 1.54) is 51.4 Å². The number of alkyl halides is 1. The average Bonchev–Trinajstić information content (AvgIpc) is 2.52. The van der Waals surface area contributed by atoms with Crippen molar-refractivity contribution in [1.82, 2.24) is 0 Å². The summed E-state index contributed by atoms with van der Waals surface area (Å²) in [5, 5.41) is 0. The van der Waals surface area contributed by atoms with Gasteiger partial charge in [-0.2, -0.15) is 0 Å². The molecular weight excluding hydrogens is 247 g/mol. The van der Waals surface area contributed by atoms with Gasteiger partial charge in [-0.3, -0.25) is 0 Å². The lowest BCUT2D eigenvalue weighted by molar-refractivity contribution is 0.135. The molecule has 0 radical (unpaired) electrons. The Bertz CT molecular complexity index is 259. The van der Waals surface area contributed by atoms with Gasteiger partial charge < -0.3 is 0 Å². The second kappa shape index (κ2) is 8.85. The fourth-order valence-corrected chi connectivity index (χ4v) is 4.30. The molecule has 1 atom stereocenters. The summed E-state index contributed by atoms with van der Waals surface area (Å²) < 4.78 is 14.4. The third kappa shape index (κ3) is 5.22. The molecule has 0 nitrogen and oxygen atoms in total. The zero-order chi connectivity index (χ0) is 14.2.